The van der Waals surface area contributed by atoms with E-state index in [2.05, 4.69) is 10.6 Å². The zero-order valence-corrected chi connectivity index (χ0v) is 15.4. The van der Waals surface area contributed by atoms with E-state index in [1.807, 2.05) is 17.5 Å². The van der Waals surface area contributed by atoms with Crippen LogP contribution >= 0.6 is 11.3 Å². The summed E-state index contributed by atoms with van der Waals surface area (Å²) in [4.78, 5) is 26.0. The van der Waals surface area contributed by atoms with Crippen molar-refractivity contribution in [2.45, 2.75) is 44.6 Å². The molecule has 0 saturated carbocycles. The molecule has 2 amide bonds. The smallest absolute Gasteiger partial charge is 0.256 e. The maximum absolute atomic E-state index is 12.6. The van der Waals surface area contributed by atoms with Crippen LogP contribution in [0.2, 0.25) is 0 Å². The highest BCUT2D eigenvalue weighted by molar-refractivity contribution is 7.10. The molecule has 1 aromatic carbocycles. The van der Waals surface area contributed by atoms with Crippen molar-refractivity contribution in [1.29, 1.82) is 0 Å². The lowest BCUT2D eigenvalue weighted by atomic mass is 9.95. The number of benzene rings is 1. The van der Waals surface area contributed by atoms with Crippen molar-refractivity contribution in [2.24, 2.45) is 0 Å². The minimum absolute atomic E-state index is 0.0551. The molecule has 1 fully saturated rings. The van der Waals surface area contributed by atoms with Gasteiger partial charge in [-0.1, -0.05) is 0 Å². The molecule has 0 bridgehead atoms. The van der Waals surface area contributed by atoms with Crippen molar-refractivity contribution in [3.8, 4) is 0 Å². The number of rotatable bonds is 4. The van der Waals surface area contributed by atoms with E-state index in [4.69, 9.17) is 4.74 Å². The number of hydrogen-bond donors (Lipinski definition) is 2. The van der Waals surface area contributed by atoms with Crippen LogP contribution < -0.4 is 10.6 Å². The molecular formula is C20H22N2O3S. The second-order valence-electron chi connectivity index (χ2n) is 6.78. The summed E-state index contributed by atoms with van der Waals surface area (Å²) in [7, 11) is 0. The average molecular weight is 370 g/mol. The molecule has 1 unspecified atom stereocenters. The number of thiophene rings is 1. The Labute approximate surface area is 156 Å². The molecule has 1 aromatic heterocycles. The Morgan fingerprint density at radius 3 is 2.46 bits per heavy atom. The molecule has 6 heteroatoms. The van der Waals surface area contributed by atoms with Gasteiger partial charge >= 0.3 is 0 Å². The number of nitrogens with one attached hydrogen (secondary N) is 2. The molecule has 1 saturated heterocycles. The Morgan fingerprint density at radius 2 is 1.73 bits per heavy atom. The predicted molar refractivity (Wildman–Crippen MR) is 103 cm³/mol. The predicted octanol–water partition coefficient (Wildman–Crippen LogP) is 4.00. The van der Waals surface area contributed by atoms with Crippen molar-refractivity contribution in [3.63, 3.8) is 0 Å². The summed E-state index contributed by atoms with van der Waals surface area (Å²) in [6, 6.07) is 7.21. The number of ether oxygens (including phenoxy) is 1. The van der Waals surface area contributed by atoms with Crippen LogP contribution in [0.1, 0.15) is 46.5 Å². The van der Waals surface area contributed by atoms with Crippen LogP contribution in [0.5, 0.6) is 0 Å². The molecule has 5 nitrogen and oxygen atoms in total. The van der Waals surface area contributed by atoms with Gasteiger partial charge in [-0.3, -0.25) is 9.59 Å². The first-order chi connectivity index (χ1) is 12.7. The topological polar surface area (TPSA) is 67.4 Å². The van der Waals surface area contributed by atoms with E-state index in [0.29, 0.717) is 12.3 Å². The van der Waals surface area contributed by atoms with Crippen molar-refractivity contribution in [2.75, 3.05) is 17.2 Å². The van der Waals surface area contributed by atoms with Crippen LogP contribution in [0.3, 0.4) is 0 Å². The van der Waals surface area contributed by atoms with E-state index in [9.17, 15) is 9.59 Å². The standard InChI is InChI=1S/C20H22N2O3S/c23-19(16-12-26-18-6-2-1-4-15(16)18)21-13-7-9-14(10-8-13)22-20(24)17-5-3-11-25-17/h7-10,12,17H,1-6,11H2,(H,21,23)(H,22,24). The Hall–Kier alpha value is -2.18. The number of carbonyl (C=O) groups is 2. The van der Waals surface area contributed by atoms with Gasteiger partial charge in [0.25, 0.3) is 11.8 Å². The van der Waals surface area contributed by atoms with Gasteiger partial charge in [0.15, 0.2) is 0 Å². The van der Waals surface area contributed by atoms with Crippen molar-refractivity contribution in [3.05, 3.63) is 45.6 Å². The minimum Gasteiger partial charge on any atom is -0.368 e. The van der Waals surface area contributed by atoms with Gasteiger partial charge < -0.3 is 15.4 Å². The van der Waals surface area contributed by atoms with E-state index >= 15 is 0 Å². The van der Waals surface area contributed by atoms with Crippen LogP contribution in [-0.4, -0.2) is 24.5 Å². The fraction of sp³-hybridized carbons (Fsp3) is 0.400. The molecule has 2 aliphatic rings. The summed E-state index contributed by atoms with van der Waals surface area (Å²) in [6.45, 7) is 0.648. The zero-order valence-electron chi connectivity index (χ0n) is 14.5. The average Bonchev–Trinajstić information content (AvgIpc) is 3.33. The Morgan fingerprint density at radius 1 is 1.00 bits per heavy atom. The number of fused-ring (bicyclic) bond motifs is 1. The first-order valence-corrected chi connectivity index (χ1v) is 10.0. The molecule has 0 radical (unpaired) electrons. The normalized spacial score (nSPS) is 19.0. The summed E-state index contributed by atoms with van der Waals surface area (Å²) in [6.07, 6.45) is 5.80. The second kappa shape index (κ2) is 7.60. The van der Waals surface area contributed by atoms with E-state index in [1.54, 1.807) is 23.5 Å². The summed E-state index contributed by atoms with van der Waals surface area (Å²) >= 11 is 1.69. The van der Waals surface area contributed by atoms with E-state index in [-0.39, 0.29) is 17.9 Å². The Kier molecular flexibility index (Phi) is 5.04. The van der Waals surface area contributed by atoms with E-state index < -0.39 is 0 Å². The van der Waals surface area contributed by atoms with Gasteiger partial charge in [-0.25, -0.2) is 0 Å². The quantitative estimate of drug-likeness (QED) is 0.855. The molecule has 1 atom stereocenters. The second-order valence-corrected chi connectivity index (χ2v) is 7.74. The summed E-state index contributed by atoms with van der Waals surface area (Å²) in [5.74, 6) is -0.162. The van der Waals surface area contributed by atoms with Gasteiger partial charge in [-0.05, 0) is 68.4 Å². The van der Waals surface area contributed by atoms with Gasteiger partial charge in [-0.15, -0.1) is 11.3 Å². The minimum atomic E-state index is -0.348. The van der Waals surface area contributed by atoms with Crippen molar-refractivity contribution >= 4 is 34.5 Å². The molecular weight excluding hydrogens is 348 g/mol. The molecule has 0 spiro atoms. The number of aryl methyl sites for hydroxylation is 1. The maximum atomic E-state index is 12.6. The molecule has 26 heavy (non-hydrogen) atoms. The number of anilines is 2. The van der Waals surface area contributed by atoms with Gasteiger partial charge in [0, 0.05) is 28.2 Å². The van der Waals surface area contributed by atoms with E-state index in [0.717, 1.165) is 43.4 Å². The lowest BCUT2D eigenvalue weighted by Gasteiger charge is -2.13. The fourth-order valence-electron chi connectivity index (χ4n) is 3.53. The molecule has 2 N–H and O–H groups in total. The SMILES string of the molecule is O=C(Nc1ccc(NC(=O)C2CCCO2)cc1)c1csc2c1CCCC2. The number of carbonyl (C=O) groups excluding carboxylic acids is 2. The number of amides is 2. The summed E-state index contributed by atoms with van der Waals surface area (Å²) < 4.78 is 5.38. The van der Waals surface area contributed by atoms with Crippen LogP contribution in [0.15, 0.2) is 29.6 Å². The van der Waals surface area contributed by atoms with Gasteiger partial charge in [0.2, 0.25) is 0 Å². The highest BCUT2D eigenvalue weighted by atomic mass is 32.1. The van der Waals surface area contributed by atoms with Crippen LogP contribution in [-0.2, 0) is 22.4 Å². The van der Waals surface area contributed by atoms with Gasteiger partial charge in [-0.2, -0.15) is 0 Å². The van der Waals surface area contributed by atoms with Crippen LogP contribution in [0, 0.1) is 0 Å². The molecule has 4 rings (SSSR count). The molecule has 136 valence electrons. The van der Waals surface area contributed by atoms with Crippen LogP contribution in [0.25, 0.3) is 0 Å². The lowest BCUT2D eigenvalue weighted by molar-refractivity contribution is -0.124. The summed E-state index contributed by atoms with van der Waals surface area (Å²) in [5.41, 5.74) is 3.46. The van der Waals surface area contributed by atoms with Gasteiger partial charge in [0.05, 0.1) is 5.56 Å². The Balaban J connectivity index is 1.38. The Bertz CT molecular complexity index is 807. The van der Waals surface area contributed by atoms with E-state index in [1.165, 1.54) is 16.9 Å². The fourth-order valence-corrected chi connectivity index (χ4v) is 4.65. The lowest BCUT2D eigenvalue weighted by Crippen LogP contribution is -2.26. The third kappa shape index (κ3) is 3.66. The summed E-state index contributed by atoms with van der Waals surface area (Å²) in [5, 5.41) is 7.79. The van der Waals surface area contributed by atoms with Crippen LogP contribution in [0.4, 0.5) is 11.4 Å². The zero-order chi connectivity index (χ0) is 17.9. The molecule has 2 aromatic rings. The third-order valence-electron chi connectivity index (χ3n) is 4.94. The largest absolute Gasteiger partial charge is 0.368 e. The third-order valence-corrected chi connectivity index (χ3v) is 6.03. The molecule has 1 aliphatic heterocycles. The van der Waals surface area contributed by atoms with Crippen molar-refractivity contribution in [1.82, 2.24) is 0 Å². The highest BCUT2D eigenvalue weighted by Gasteiger charge is 2.23. The first kappa shape index (κ1) is 17.2. The first-order valence-electron chi connectivity index (χ1n) is 9.14. The maximum Gasteiger partial charge on any atom is 0.256 e. The molecule has 1 aliphatic carbocycles. The van der Waals surface area contributed by atoms with Crippen molar-refractivity contribution < 1.29 is 14.3 Å². The highest BCUT2D eigenvalue weighted by Crippen LogP contribution is 2.30. The van der Waals surface area contributed by atoms with Gasteiger partial charge in [0.1, 0.15) is 6.10 Å². The molecule has 2 heterocycles. The monoisotopic (exact) mass is 370 g/mol. The number of hydrogen-bond acceptors (Lipinski definition) is 4.